The Labute approximate surface area is 75.3 Å². The van der Waals surface area contributed by atoms with Crippen LogP contribution in [-0.2, 0) is 0 Å². The maximum absolute atomic E-state index is 2.12. The number of fused-ring (bicyclic) bond motifs is 1. The molecule has 0 heterocycles. The van der Waals surface area contributed by atoms with Gasteiger partial charge in [-0.1, -0.05) is 48.5 Å². The van der Waals surface area contributed by atoms with Gasteiger partial charge in [-0.25, -0.2) is 0 Å². The van der Waals surface area contributed by atoms with E-state index in [0.717, 1.165) is 0 Å². The third-order valence-electron chi connectivity index (χ3n) is 1.66. The highest BCUT2D eigenvalue weighted by atomic mass is 31.0. The molecule has 0 saturated heterocycles. The van der Waals surface area contributed by atoms with E-state index in [1.165, 1.54) is 10.8 Å². The summed E-state index contributed by atoms with van der Waals surface area (Å²) in [6.45, 7) is 0. The van der Waals surface area contributed by atoms with Crippen molar-refractivity contribution in [2.24, 2.45) is 0 Å². The topological polar surface area (TPSA) is 31.5 Å². The van der Waals surface area contributed by atoms with Crippen LogP contribution < -0.4 is 0 Å². The van der Waals surface area contributed by atoms with E-state index in [1.807, 2.05) is 0 Å². The average molecular weight is 180 g/mol. The van der Waals surface area contributed by atoms with Gasteiger partial charge in [0, 0.05) is 0 Å². The van der Waals surface area contributed by atoms with Gasteiger partial charge in [-0.05, 0) is 10.8 Å². The summed E-state index contributed by atoms with van der Waals surface area (Å²) in [5.41, 5.74) is 0. The molecule has 0 amide bonds. The predicted octanol–water partition coefficient (Wildman–Crippen LogP) is 2.07. The van der Waals surface area contributed by atoms with Crippen LogP contribution in [0.25, 0.3) is 10.8 Å². The van der Waals surface area contributed by atoms with Gasteiger partial charge in [0.15, 0.2) is 0 Å². The standard InChI is InChI=1S/C10H8.H2O.H3P/c1-2-6-10-8-4-3-7-9(10)5-1;;/h1-8H;1H2;1H3. The summed E-state index contributed by atoms with van der Waals surface area (Å²) >= 11 is 0. The van der Waals surface area contributed by atoms with E-state index in [0.29, 0.717) is 0 Å². The van der Waals surface area contributed by atoms with Crippen LogP contribution in [-0.4, -0.2) is 5.48 Å². The summed E-state index contributed by atoms with van der Waals surface area (Å²) in [5, 5.41) is 2.62. The minimum absolute atomic E-state index is 0. The van der Waals surface area contributed by atoms with E-state index in [9.17, 15) is 0 Å². The van der Waals surface area contributed by atoms with E-state index in [4.69, 9.17) is 0 Å². The van der Waals surface area contributed by atoms with Crippen molar-refractivity contribution in [3.05, 3.63) is 48.5 Å². The van der Waals surface area contributed by atoms with Crippen LogP contribution in [0.15, 0.2) is 48.5 Å². The highest BCUT2D eigenvalue weighted by Gasteiger charge is 1.85. The van der Waals surface area contributed by atoms with E-state index in [1.54, 1.807) is 0 Å². The van der Waals surface area contributed by atoms with Crippen molar-refractivity contribution in [2.45, 2.75) is 0 Å². The molecule has 0 saturated carbocycles. The third-order valence-corrected chi connectivity index (χ3v) is 1.66. The minimum Gasteiger partial charge on any atom is -0.412 e. The van der Waals surface area contributed by atoms with Crippen LogP contribution in [0.4, 0.5) is 0 Å². The first kappa shape index (κ1) is 11.1. The normalized spacial score (nSPS) is 8.33. The number of rotatable bonds is 0. The molecule has 12 heavy (non-hydrogen) atoms. The fourth-order valence-electron chi connectivity index (χ4n) is 1.13. The summed E-state index contributed by atoms with van der Waals surface area (Å²) in [7, 11) is 0. The lowest BCUT2D eigenvalue weighted by Crippen LogP contribution is -1.67. The summed E-state index contributed by atoms with van der Waals surface area (Å²) in [6, 6.07) is 16.7. The zero-order valence-corrected chi connectivity index (χ0v) is 8.24. The Hall–Kier alpha value is -0.910. The van der Waals surface area contributed by atoms with Crippen molar-refractivity contribution in [3.8, 4) is 0 Å². The molecule has 0 bridgehead atoms. The fourth-order valence-corrected chi connectivity index (χ4v) is 1.13. The summed E-state index contributed by atoms with van der Waals surface area (Å²) in [4.78, 5) is 0. The molecule has 2 aromatic rings. The molecule has 0 fully saturated rings. The van der Waals surface area contributed by atoms with Gasteiger partial charge in [0.05, 0.1) is 0 Å². The minimum atomic E-state index is 0. The zero-order chi connectivity index (χ0) is 6.81. The van der Waals surface area contributed by atoms with Gasteiger partial charge in [0.2, 0.25) is 0 Å². The molecule has 0 aliphatic carbocycles. The smallest absolute Gasteiger partial charge is 0.0184 e. The van der Waals surface area contributed by atoms with Crippen molar-refractivity contribution in [1.82, 2.24) is 0 Å². The molecular weight excluding hydrogens is 167 g/mol. The third kappa shape index (κ3) is 2.04. The second-order valence-electron chi connectivity index (χ2n) is 2.35. The van der Waals surface area contributed by atoms with Gasteiger partial charge < -0.3 is 5.48 Å². The molecule has 0 aromatic heterocycles. The largest absolute Gasteiger partial charge is 0.412 e. The molecule has 2 heteroatoms. The summed E-state index contributed by atoms with van der Waals surface area (Å²) in [6.07, 6.45) is 0. The zero-order valence-electron chi connectivity index (χ0n) is 6.83. The summed E-state index contributed by atoms with van der Waals surface area (Å²) < 4.78 is 0. The second-order valence-corrected chi connectivity index (χ2v) is 2.35. The Morgan fingerprint density at radius 2 is 0.833 bits per heavy atom. The van der Waals surface area contributed by atoms with E-state index in [2.05, 4.69) is 48.5 Å². The molecule has 0 aliphatic rings. The average Bonchev–Trinajstić information content (AvgIpc) is 2.05. The maximum atomic E-state index is 2.12. The quantitative estimate of drug-likeness (QED) is 0.556. The Morgan fingerprint density at radius 3 is 1.08 bits per heavy atom. The Kier molecular flexibility index (Phi) is 4.50. The predicted molar refractivity (Wildman–Crippen MR) is 58.7 cm³/mol. The van der Waals surface area contributed by atoms with Crippen molar-refractivity contribution < 1.29 is 5.48 Å². The van der Waals surface area contributed by atoms with Crippen LogP contribution in [0.2, 0.25) is 0 Å². The molecule has 64 valence electrons. The van der Waals surface area contributed by atoms with E-state index < -0.39 is 0 Å². The van der Waals surface area contributed by atoms with Gasteiger partial charge in [-0.3, -0.25) is 0 Å². The second kappa shape index (κ2) is 4.87. The Bertz CT molecular complexity index is 281. The molecule has 0 spiro atoms. The van der Waals surface area contributed by atoms with Crippen LogP contribution in [0.1, 0.15) is 0 Å². The summed E-state index contributed by atoms with van der Waals surface area (Å²) in [5.74, 6) is 0. The Morgan fingerprint density at radius 1 is 0.583 bits per heavy atom. The lowest BCUT2D eigenvalue weighted by Gasteiger charge is -1.92. The van der Waals surface area contributed by atoms with Crippen LogP contribution in [0.3, 0.4) is 0 Å². The van der Waals surface area contributed by atoms with Gasteiger partial charge in [0.25, 0.3) is 0 Å². The fraction of sp³-hybridized carbons (Fsp3) is 0. The van der Waals surface area contributed by atoms with Crippen molar-refractivity contribution in [1.29, 1.82) is 0 Å². The van der Waals surface area contributed by atoms with Crippen LogP contribution in [0, 0.1) is 0 Å². The molecule has 2 N–H and O–H groups in total. The highest BCUT2D eigenvalue weighted by Crippen LogP contribution is 2.11. The molecule has 1 atom stereocenters. The maximum Gasteiger partial charge on any atom is -0.0184 e. The highest BCUT2D eigenvalue weighted by molar-refractivity contribution is 6.92. The first-order valence-electron chi connectivity index (χ1n) is 3.40. The lowest BCUT2D eigenvalue weighted by molar-refractivity contribution is 0.824. The van der Waals surface area contributed by atoms with Crippen molar-refractivity contribution in [2.75, 3.05) is 0 Å². The SMILES string of the molecule is O.P.c1ccc2ccccc2c1. The molecule has 1 nitrogen and oxygen atoms in total. The number of hydrogen-bond acceptors (Lipinski definition) is 0. The van der Waals surface area contributed by atoms with Crippen molar-refractivity contribution in [3.63, 3.8) is 0 Å². The lowest BCUT2D eigenvalue weighted by atomic mass is 10.1. The van der Waals surface area contributed by atoms with E-state index >= 15 is 0 Å². The molecule has 0 radical (unpaired) electrons. The molecule has 0 aliphatic heterocycles. The van der Waals surface area contributed by atoms with Crippen LogP contribution in [0.5, 0.6) is 0 Å². The first-order chi connectivity index (χ1) is 4.97. The molecule has 2 rings (SSSR count). The van der Waals surface area contributed by atoms with Crippen molar-refractivity contribution >= 4 is 20.7 Å². The molecular formula is C10H13OP. The Balaban J connectivity index is 0.000000605. The number of benzene rings is 2. The van der Waals surface area contributed by atoms with Crippen LogP contribution >= 0.6 is 9.90 Å². The monoisotopic (exact) mass is 180 g/mol. The van der Waals surface area contributed by atoms with Gasteiger partial charge in [0.1, 0.15) is 0 Å². The van der Waals surface area contributed by atoms with E-state index in [-0.39, 0.29) is 15.4 Å². The molecule has 1 unspecified atom stereocenters. The van der Waals surface area contributed by atoms with Gasteiger partial charge in [-0.2, -0.15) is 9.90 Å². The molecule has 2 aromatic carbocycles. The first-order valence-corrected chi connectivity index (χ1v) is 3.40. The van der Waals surface area contributed by atoms with Gasteiger partial charge >= 0.3 is 0 Å². The van der Waals surface area contributed by atoms with Gasteiger partial charge in [-0.15, -0.1) is 0 Å². The number of hydrogen-bond donors (Lipinski definition) is 0.